The zero-order valence-corrected chi connectivity index (χ0v) is 19.1. The van der Waals surface area contributed by atoms with Crippen molar-refractivity contribution >= 4 is 23.7 Å². The minimum atomic E-state index is -0.0104. The zero-order valence-electron chi connectivity index (χ0n) is 19.1. The number of carbonyl (C=O) groups is 2. The lowest BCUT2D eigenvalue weighted by molar-refractivity contribution is -0.111. The smallest absolute Gasteiger partial charge is 0.190 e. The summed E-state index contributed by atoms with van der Waals surface area (Å²) in [4.78, 5) is 25.9. The summed E-state index contributed by atoms with van der Waals surface area (Å²) in [7, 11) is 0. The first-order chi connectivity index (χ1) is 15.2. The van der Waals surface area contributed by atoms with Crippen LogP contribution < -0.4 is 0 Å². The van der Waals surface area contributed by atoms with Crippen molar-refractivity contribution in [1.29, 1.82) is 0 Å². The Morgan fingerprint density at radius 1 is 0.742 bits per heavy atom. The third-order valence-electron chi connectivity index (χ3n) is 5.53. The van der Waals surface area contributed by atoms with Crippen molar-refractivity contribution in [2.75, 3.05) is 0 Å². The van der Waals surface area contributed by atoms with Crippen LogP contribution in [0.25, 0.3) is 11.6 Å². The lowest BCUT2D eigenvalue weighted by atomic mass is 9.88. The number of aldehydes is 1. The summed E-state index contributed by atoms with van der Waals surface area (Å²) in [6.45, 7) is 4.34. The van der Waals surface area contributed by atoms with Gasteiger partial charge in [0.05, 0.1) is 0 Å². The van der Waals surface area contributed by atoms with Gasteiger partial charge in [0.1, 0.15) is 6.29 Å². The third-order valence-corrected chi connectivity index (χ3v) is 5.53. The molecule has 2 heteroatoms. The number of hydrogen-bond acceptors (Lipinski definition) is 2. The highest BCUT2D eigenvalue weighted by atomic mass is 16.1. The van der Waals surface area contributed by atoms with Crippen LogP contribution >= 0.6 is 0 Å². The number of unbranched alkanes of at least 4 members (excludes halogenated alkanes) is 5. The van der Waals surface area contributed by atoms with Crippen LogP contribution in [-0.2, 0) is 9.59 Å². The Morgan fingerprint density at radius 3 is 1.94 bits per heavy atom. The largest absolute Gasteiger partial charge is 0.298 e. The highest BCUT2D eigenvalue weighted by molar-refractivity contribution is 6.32. The summed E-state index contributed by atoms with van der Waals surface area (Å²) in [5.74, 6) is -0.0104. The fourth-order valence-corrected chi connectivity index (χ4v) is 3.78. The molecule has 0 aliphatic heterocycles. The van der Waals surface area contributed by atoms with E-state index in [9.17, 15) is 9.59 Å². The molecular formula is C29H36O2. The van der Waals surface area contributed by atoms with Crippen LogP contribution in [0, 0.1) is 0 Å². The second kappa shape index (κ2) is 14.3. The first-order valence-corrected chi connectivity index (χ1v) is 11.7. The molecule has 2 aromatic carbocycles. The summed E-state index contributed by atoms with van der Waals surface area (Å²) in [6.07, 6.45) is 11.7. The normalized spacial score (nSPS) is 12.4. The second-order valence-electron chi connectivity index (χ2n) is 8.06. The van der Waals surface area contributed by atoms with E-state index in [1.165, 1.54) is 0 Å². The van der Waals surface area contributed by atoms with Gasteiger partial charge in [-0.2, -0.15) is 0 Å². The molecule has 0 bridgehead atoms. The van der Waals surface area contributed by atoms with E-state index in [0.29, 0.717) is 17.6 Å². The molecule has 0 atom stereocenters. The van der Waals surface area contributed by atoms with Crippen LogP contribution in [0.2, 0.25) is 0 Å². The minimum Gasteiger partial charge on any atom is -0.298 e. The summed E-state index contributed by atoms with van der Waals surface area (Å²) < 4.78 is 0. The van der Waals surface area contributed by atoms with Gasteiger partial charge in [0.15, 0.2) is 5.78 Å². The lowest BCUT2D eigenvalue weighted by Gasteiger charge is -2.14. The molecule has 0 amide bonds. The van der Waals surface area contributed by atoms with Gasteiger partial charge in [0.25, 0.3) is 0 Å². The molecule has 31 heavy (non-hydrogen) atoms. The fraction of sp³-hybridized carbons (Fsp3) is 0.379. The van der Waals surface area contributed by atoms with Gasteiger partial charge in [-0.1, -0.05) is 107 Å². The van der Waals surface area contributed by atoms with Crippen molar-refractivity contribution in [1.82, 2.24) is 0 Å². The van der Waals surface area contributed by atoms with Crippen molar-refractivity contribution in [2.45, 2.75) is 71.6 Å². The fourth-order valence-electron chi connectivity index (χ4n) is 3.78. The first kappa shape index (κ1) is 24.5. The molecule has 0 unspecified atom stereocenters. The van der Waals surface area contributed by atoms with Crippen LogP contribution in [0.1, 0.15) is 82.8 Å². The van der Waals surface area contributed by atoms with Crippen LogP contribution in [0.4, 0.5) is 0 Å². The van der Waals surface area contributed by atoms with E-state index in [0.717, 1.165) is 74.4 Å². The van der Waals surface area contributed by atoms with E-state index < -0.39 is 0 Å². The number of carbonyl (C=O) groups excluding carboxylic acids is 2. The summed E-state index contributed by atoms with van der Waals surface area (Å²) in [6, 6.07) is 19.7. The van der Waals surface area contributed by atoms with Crippen molar-refractivity contribution < 1.29 is 9.59 Å². The van der Waals surface area contributed by atoms with Crippen molar-refractivity contribution in [3.63, 3.8) is 0 Å². The summed E-state index contributed by atoms with van der Waals surface area (Å²) >= 11 is 0. The number of benzene rings is 2. The Labute approximate surface area is 188 Å². The molecule has 2 aromatic rings. The molecule has 0 aromatic heterocycles. The summed E-state index contributed by atoms with van der Waals surface area (Å²) in [5.41, 5.74) is 3.84. The molecule has 0 spiro atoms. The Morgan fingerprint density at radius 2 is 1.32 bits per heavy atom. The predicted octanol–water partition coefficient (Wildman–Crippen LogP) is 7.84. The maximum Gasteiger partial charge on any atom is 0.190 e. The molecule has 164 valence electrons. The molecule has 0 heterocycles. The van der Waals surface area contributed by atoms with E-state index >= 15 is 0 Å². The zero-order chi connectivity index (χ0) is 22.3. The average molecular weight is 417 g/mol. The Hall–Kier alpha value is -2.74. The molecule has 2 nitrogen and oxygen atoms in total. The first-order valence-electron chi connectivity index (χ1n) is 11.7. The highest BCUT2D eigenvalue weighted by Gasteiger charge is 2.21. The van der Waals surface area contributed by atoms with Gasteiger partial charge in [0, 0.05) is 16.7 Å². The topological polar surface area (TPSA) is 34.1 Å². The average Bonchev–Trinajstić information content (AvgIpc) is 2.81. The van der Waals surface area contributed by atoms with Gasteiger partial charge in [-0.05, 0) is 42.9 Å². The third kappa shape index (κ3) is 8.13. The molecule has 2 rings (SSSR count). The number of ketones is 1. The second-order valence-corrected chi connectivity index (χ2v) is 8.06. The number of hydrogen-bond donors (Lipinski definition) is 0. The van der Waals surface area contributed by atoms with E-state index in [4.69, 9.17) is 0 Å². The number of rotatable bonds is 14. The molecule has 0 N–H and O–H groups in total. The molecule has 0 aliphatic carbocycles. The molecular weight excluding hydrogens is 380 g/mol. The molecule has 0 fully saturated rings. The molecule has 0 saturated heterocycles. The number of allylic oxidation sites excluding steroid dienone is 3. The maximum atomic E-state index is 13.8. The predicted molar refractivity (Wildman–Crippen MR) is 132 cm³/mol. The van der Waals surface area contributed by atoms with Crippen LogP contribution in [-0.4, -0.2) is 12.1 Å². The van der Waals surface area contributed by atoms with Gasteiger partial charge < -0.3 is 0 Å². The monoisotopic (exact) mass is 416 g/mol. The Kier molecular flexibility index (Phi) is 11.3. The Balaban J connectivity index is 2.47. The molecule has 0 saturated carbocycles. The van der Waals surface area contributed by atoms with Crippen LogP contribution in [0.15, 0.2) is 71.8 Å². The van der Waals surface area contributed by atoms with Crippen molar-refractivity contribution in [3.05, 3.63) is 82.9 Å². The van der Waals surface area contributed by atoms with Gasteiger partial charge >= 0.3 is 0 Å². The minimum absolute atomic E-state index is 0.0104. The number of Topliss-reactive ketones (excluding diaryl/α,β-unsaturated/α-hetero) is 1. The SMILES string of the molecule is CCCCCCC(C=O)=C(C(=O)C(=Cc1ccccc1)CCCCC)c1ccccc1. The van der Waals surface area contributed by atoms with Crippen LogP contribution in [0.5, 0.6) is 0 Å². The van der Waals surface area contributed by atoms with Gasteiger partial charge in [-0.15, -0.1) is 0 Å². The van der Waals surface area contributed by atoms with E-state index in [2.05, 4.69) is 13.8 Å². The van der Waals surface area contributed by atoms with E-state index in [-0.39, 0.29) is 5.78 Å². The standard InChI is InChI=1S/C29H36O2/c1-3-5-7-13-21-27(23-30)28(25-18-14-9-15-19-25)29(31)26(20-10-6-4-2)22-24-16-11-8-12-17-24/h8-9,11-12,14-19,22-23H,3-7,10,13,20-21H2,1-2H3. The van der Waals surface area contributed by atoms with Crippen molar-refractivity contribution in [2.24, 2.45) is 0 Å². The lowest BCUT2D eigenvalue weighted by Crippen LogP contribution is -2.10. The van der Waals surface area contributed by atoms with E-state index in [1.807, 2.05) is 66.7 Å². The van der Waals surface area contributed by atoms with Crippen molar-refractivity contribution in [3.8, 4) is 0 Å². The van der Waals surface area contributed by atoms with Gasteiger partial charge in [-0.25, -0.2) is 0 Å². The Bertz CT molecular complexity index is 860. The van der Waals surface area contributed by atoms with Gasteiger partial charge in [0.2, 0.25) is 0 Å². The van der Waals surface area contributed by atoms with E-state index in [1.54, 1.807) is 0 Å². The highest BCUT2D eigenvalue weighted by Crippen LogP contribution is 2.28. The quantitative estimate of drug-likeness (QED) is 0.178. The molecule has 0 radical (unpaired) electrons. The maximum absolute atomic E-state index is 13.8. The van der Waals surface area contributed by atoms with Gasteiger partial charge in [-0.3, -0.25) is 9.59 Å². The summed E-state index contributed by atoms with van der Waals surface area (Å²) in [5, 5.41) is 0. The molecule has 0 aliphatic rings. The van der Waals surface area contributed by atoms with Crippen LogP contribution in [0.3, 0.4) is 0 Å².